The molecule has 2 fully saturated rings. The van der Waals surface area contributed by atoms with Crippen molar-refractivity contribution >= 4 is 34.3 Å². The van der Waals surface area contributed by atoms with Gasteiger partial charge in [0.15, 0.2) is 0 Å². The van der Waals surface area contributed by atoms with E-state index in [1.165, 1.54) is 0 Å². The molecule has 1 saturated heterocycles. The molecule has 32 heavy (non-hydrogen) atoms. The fourth-order valence-electron chi connectivity index (χ4n) is 5.16. The fourth-order valence-corrected chi connectivity index (χ4v) is 5.27. The van der Waals surface area contributed by atoms with Crippen LogP contribution in [0, 0.1) is 11.3 Å². The maximum Gasteiger partial charge on any atom is 0.270 e. The number of H-pyrrole nitrogens is 1. The van der Waals surface area contributed by atoms with E-state index < -0.39 is 0 Å². The Balaban J connectivity index is 1.14. The zero-order chi connectivity index (χ0) is 22.1. The summed E-state index contributed by atoms with van der Waals surface area (Å²) in [5.41, 5.74) is 2.51. The van der Waals surface area contributed by atoms with Gasteiger partial charge in [0, 0.05) is 48.5 Å². The van der Waals surface area contributed by atoms with E-state index in [1.54, 1.807) is 24.7 Å². The number of hydrogen-bond acceptors (Lipinski definition) is 4. The molecule has 2 amide bonds. The summed E-state index contributed by atoms with van der Waals surface area (Å²) in [7, 11) is 0. The minimum atomic E-state index is 0.0331. The van der Waals surface area contributed by atoms with Crippen molar-refractivity contribution in [2.24, 2.45) is 11.3 Å². The van der Waals surface area contributed by atoms with Crippen LogP contribution in [-0.2, 0) is 11.3 Å². The Morgan fingerprint density at radius 3 is 2.78 bits per heavy atom. The Kier molecular flexibility index (Phi) is 5.59. The van der Waals surface area contributed by atoms with Crippen LogP contribution >= 0.6 is 11.6 Å². The number of fused-ring (bicyclic) bond motifs is 1. The van der Waals surface area contributed by atoms with Gasteiger partial charge in [-0.1, -0.05) is 11.6 Å². The van der Waals surface area contributed by atoms with E-state index in [-0.39, 0.29) is 23.1 Å². The van der Waals surface area contributed by atoms with Crippen molar-refractivity contribution in [2.45, 2.75) is 38.6 Å². The van der Waals surface area contributed by atoms with Gasteiger partial charge < -0.3 is 15.2 Å². The topological polar surface area (TPSA) is 91.0 Å². The maximum absolute atomic E-state index is 13.0. The average molecular weight is 452 g/mol. The summed E-state index contributed by atoms with van der Waals surface area (Å²) >= 11 is 5.86. The normalized spacial score (nSPS) is 20.0. The second-order valence-electron chi connectivity index (χ2n) is 9.06. The molecule has 5 rings (SSSR count). The lowest BCUT2D eigenvalue weighted by Gasteiger charge is -2.39. The van der Waals surface area contributed by atoms with E-state index in [1.807, 2.05) is 23.1 Å². The number of nitrogens with zero attached hydrogens (tertiary/aromatic N) is 3. The van der Waals surface area contributed by atoms with Gasteiger partial charge in [-0.2, -0.15) is 0 Å². The van der Waals surface area contributed by atoms with E-state index in [0.29, 0.717) is 17.3 Å². The van der Waals surface area contributed by atoms with Gasteiger partial charge in [0.25, 0.3) is 5.91 Å². The minimum absolute atomic E-state index is 0.0331. The largest absolute Gasteiger partial charge is 0.350 e. The molecule has 1 aliphatic heterocycles. The van der Waals surface area contributed by atoms with E-state index in [4.69, 9.17) is 11.6 Å². The number of amides is 2. The second kappa shape index (κ2) is 8.54. The molecule has 3 aromatic heterocycles. The van der Waals surface area contributed by atoms with Crippen LogP contribution in [-0.4, -0.2) is 44.8 Å². The lowest BCUT2D eigenvalue weighted by molar-refractivity contribution is -0.125. The first-order valence-corrected chi connectivity index (χ1v) is 11.5. The molecule has 1 atom stereocenters. The summed E-state index contributed by atoms with van der Waals surface area (Å²) in [6.45, 7) is 1.88. The molecular weight excluding hydrogens is 426 g/mol. The van der Waals surface area contributed by atoms with Crippen LogP contribution in [0.25, 0.3) is 10.9 Å². The lowest BCUT2D eigenvalue weighted by Crippen LogP contribution is -2.42. The van der Waals surface area contributed by atoms with Gasteiger partial charge >= 0.3 is 0 Å². The molecule has 1 unspecified atom stereocenters. The number of nitrogens with one attached hydrogen (secondary N) is 2. The van der Waals surface area contributed by atoms with Crippen molar-refractivity contribution in [1.82, 2.24) is 25.2 Å². The van der Waals surface area contributed by atoms with Crippen molar-refractivity contribution in [3.8, 4) is 0 Å². The summed E-state index contributed by atoms with van der Waals surface area (Å²) in [4.78, 5) is 39.2. The van der Waals surface area contributed by atoms with Crippen molar-refractivity contribution < 1.29 is 9.59 Å². The van der Waals surface area contributed by atoms with Gasteiger partial charge in [-0.3, -0.25) is 19.6 Å². The Labute approximate surface area is 191 Å². The van der Waals surface area contributed by atoms with Gasteiger partial charge in [0.1, 0.15) is 5.69 Å². The zero-order valence-corrected chi connectivity index (χ0v) is 18.6. The molecule has 1 aliphatic carbocycles. The van der Waals surface area contributed by atoms with Crippen molar-refractivity contribution in [3.63, 3.8) is 0 Å². The van der Waals surface area contributed by atoms with E-state index in [0.717, 1.165) is 61.8 Å². The maximum atomic E-state index is 13.0. The number of hydrogen-bond donors (Lipinski definition) is 2. The van der Waals surface area contributed by atoms with E-state index in [9.17, 15) is 9.59 Å². The number of pyridine rings is 2. The number of aromatic amines is 1. The lowest BCUT2D eigenvalue weighted by atomic mass is 9.76. The Bertz CT molecular complexity index is 1100. The van der Waals surface area contributed by atoms with Crippen LogP contribution in [0.1, 0.15) is 48.3 Å². The van der Waals surface area contributed by atoms with Gasteiger partial charge in [-0.25, -0.2) is 0 Å². The Hall–Kier alpha value is -2.93. The van der Waals surface area contributed by atoms with Gasteiger partial charge in [0.05, 0.1) is 17.3 Å². The number of rotatable bonds is 4. The molecule has 0 radical (unpaired) electrons. The van der Waals surface area contributed by atoms with Crippen LogP contribution in [0.15, 0.2) is 42.9 Å². The molecular formula is C24H26ClN5O2. The third-order valence-corrected chi connectivity index (χ3v) is 7.29. The standard InChI is InChI=1S/C24H26ClN5O2/c25-18-1-2-19(27-14-18)15-28-22(31)16-3-5-24(12-16)6-9-30(10-7-24)23(32)21-11-17-13-26-8-4-20(17)29-21/h1-2,4,8,11,13-14,16,29H,3,5-7,9-10,12,15H2,(H,28,31). The molecule has 0 bridgehead atoms. The van der Waals surface area contributed by atoms with Crippen LogP contribution in [0.4, 0.5) is 0 Å². The highest BCUT2D eigenvalue weighted by atomic mass is 35.5. The molecule has 4 heterocycles. The Morgan fingerprint density at radius 1 is 1.19 bits per heavy atom. The zero-order valence-electron chi connectivity index (χ0n) is 17.8. The number of halogens is 1. The molecule has 7 nitrogen and oxygen atoms in total. The highest BCUT2D eigenvalue weighted by Crippen LogP contribution is 2.49. The first-order chi connectivity index (χ1) is 15.5. The number of carbonyl (C=O) groups excluding carboxylic acids is 2. The first-order valence-electron chi connectivity index (χ1n) is 11.1. The highest BCUT2D eigenvalue weighted by molar-refractivity contribution is 6.30. The van der Waals surface area contributed by atoms with Crippen LogP contribution < -0.4 is 5.32 Å². The minimum Gasteiger partial charge on any atom is -0.350 e. The number of likely N-dealkylation sites (tertiary alicyclic amines) is 1. The number of piperidine rings is 1. The summed E-state index contributed by atoms with van der Waals surface area (Å²) in [5, 5.41) is 4.56. The van der Waals surface area contributed by atoms with Gasteiger partial charge in [-0.05, 0) is 61.8 Å². The molecule has 1 saturated carbocycles. The first kappa shape index (κ1) is 20.9. The van der Waals surface area contributed by atoms with Gasteiger partial charge in [-0.15, -0.1) is 0 Å². The van der Waals surface area contributed by atoms with Crippen LogP contribution in [0.5, 0.6) is 0 Å². The molecule has 3 aromatic rings. The third kappa shape index (κ3) is 4.21. The second-order valence-corrected chi connectivity index (χ2v) is 9.50. The van der Waals surface area contributed by atoms with E-state index >= 15 is 0 Å². The Morgan fingerprint density at radius 2 is 2.03 bits per heavy atom. The fraction of sp³-hybridized carbons (Fsp3) is 0.417. The summed E-state index contributed by atoms with van der Waals surface area (Å²) in [6.07, 6.45) is 9.82. The van der Waals surface area contributed by atoms with E-state index in [2.05, 4.69) is 20.3 Å². The SMILES string of the molecule is O=C(NCc1ccc(Cl)cn1)C1CCC2(CCN(C(=O)c3cc4cnccc4[nH]3)CC2)C1. The molecule has 166 valence electrons. The quantitative estimate of drug-likeness (QED) is 0.628. The predicted molar refractivity (Wildman–Crippen MR) is 122 cm³/mol. The number of aromatic nitrogens is 3. The average Bonchev–Trinajstić information content (AvgIpc) is 3.43. The molecule has 0 aromatic carbocycles. The third-order valence-electron chi connectivity index (χ3n) is 7.07. The monoisotopic (exact) mass is 451 g/mol. The summed E-state index contributed by atoms with van der Waals surface area (Å²) in [5.74, 6) is 0.174. The molecule has 1 spiro atoms. The molecule has 2 N–H and O–H groups in total. The van der Waals surface area contributed by atoms with Crippen LogP contribution in [0.2, 0.25) is 5.02 Å². The van der Waals surface area contributed by atoms with Gasteiger partial charge in [0.2, 0.25) is 5.91 Å². The van der Waals surface area contributed by atoms with Crippen molar-refractivity contribution in [2.75, 3.05) is 13.1 Å². The molecule has 2 aliphatic rings. The predicted octanol–water partition coefficient (Wildman–Crippen LogP) is 3.95. The van der Waals surface area contributed by atoms with Crippen LogP contribution in [0.3, 0.4) is 0 Å². The summed E-state index contributed by atoms with van der Waals surface area (Å²) in [6, 6.07) is 7.36. The number of carbonyl (C=O) groups is 2. The highest BCUT2D eigenvalue weighted by Gasteiger charge is 2.44. The van der Waals surface area contributed by atoms with Crippen molar-refractivity contribution in [3.05, 3.63) is 59.3 Å². The van der Waals surface area contributed by atoms with Crippen molar-refractivity contribution in [1.29, 1.82) is 0 Å². The molecule has 8 heteroatoms. The smallest absolute Gasteiger partial charge is 0.270 e. The summed E-state index contributed by atoms with van der Waals surface area (Å²) < 4.78 is 0.